The molecule has 5 nitrogen and oxygen atoms in total. The van der Waals surface area contributed by atoms with E-state index in [2.05, 4.69) is 209 Å². The highest BCUT2D eigenvalue weighted by Crippen LogP contribution is 2.40. The van der Waals surface area contributed by atoms with Crippen molar-refractivity contribution in [1.29, 1.82) is 0 Å². The predicted octanol–water partition coefficient (Wildman–Crippen LogP) is 15.1. The van der Waals surface area contributed by atoms with Crippen LogP contribution in [0.5, 0.6) is 0 Å². The van der Waals surface area contributed by atoms with E-state index in [1.807, 2.05) is 12.3 Å². The first-order chi connectivity index (χ1) is 31.2. The van der Waals surface area contributed by atoms with Crippen molar-refractivity contribution in [3.63, 3.8) is 0 Å². The fourth-order valence-corrected chi connectivity index (χ4v) is 10.5. The molecule has 0 fully saturated rings. The third-order valence-corrected chi connectivity index (χ3v) is 13.5. The molecule has 6 aromatic heterocycles. The van der Waals surface area contributed by atoms with Crippen molar-refractivity contribution in [3.05, 3.63) is 212 Å². The molecule has 0 atom stereocenters. The van der Waals surface area contributed by atoms with E-state index in [1.165, 1.54) is 41.9 Å². The Balaban J connectivity index is 0.938. The molecule has 6 heteroatoms. The molecule has 0 amide bonds. The molecule has 294 valence electrons. The van der Waals surface area contributed by atoms with Crippen LogP contribution in [-0.4, -0.2) is 24.1 Å². The number of para-hydroxylation sites is 2. The van der Waals surface area contributed by atoms with E-state index >= 15 is 0 Å². The molecule has 0 spiro atoms. The summed E-state index contributed by atoms with van der Waals surface area (Å²) in [5, 5.41) is 5.96. The summed E-state index contributed by atoms with van der Waals surface area (Å²) in [6.07, 6.45) is 1.87. The number of hydrogen-bond donors (Lipinski definition) is 0. The van der Waals surface area contributed by atoms with Crippen LogP contribution < -0.4 is 0 Å². The van der Waals surface area contributed by atoms with Crippen molar-refractivity contribution in [2.45, 2.75) is 0 Å². The standard InChI is InChI=1S/C57H35N5S/c1-3-13-36(14-4-1)48-34-41(35-49(59-48)37-15-5-2-6-16-37)61-50-20-9-7-17-42(50)44-31-38(24-27-52(44)61)39-25-28-53-45(32-39)43-18-8-10-21-51(43)62(53)56-23-11-19-47(60-56)40-26-29-54-46(33-40)57-55(63-54)22-12-30-58-57/h1-35H. The Morgan fingerprint density at radius 1 is 0.333 bits per heavy atom. The molecule has 0 aliphatic rings. The van der Waals surface area contributed by atoms with Crippen LogP contribution in [0.15, 0.2) is 212 Å². The summed E-state index contributed by atoms with van der Waals surface area (Å²) in [6.45, 7) is 0. The second-order valence-electron chi connectivity index (χ2n) is 16.0. The Hall–Kier alpha value is -8.19. The zero-order valence-electron chi connectivity index (χ0n) is 33.9. The van der Waals surface area contributed by atoms with Gasteiger partial charge in [-0.15, -0.1) is 11.3 Å². The van der Waals surface area contributed by atoms with Crippen molar-refractivity contribution >= 4 is 75.3 Å². The van der Waals surface area contributed by atoms with Gasteiger partial charge in [0.25, 0.3) is 0 Å². The molecule has 63 heavy (non-hydrogen) atoms. The Morgan fingerprint density at radius 3 is 1.59 bits per heavy atom. The summed E-state index contributed by atoms with van der Waals surface area (Å²) in [5.74, 6) is 0.885. The molecule has 6 heterocycles. The first-order valence-electron chi connectivity index (χ1n) is 21.2. The molecule has 13 rings (SSSR count). The van der Waals surface area contributed by atoms with Crippen LogP contribution in [0.1, 0.15) is 0 Å². The van der Waals surface area contributed by atoms with Crippen LogP contribution in [0, 0.1) is 0 Å². The van der Waals surface area contributed by atoms with E-state index in [0.29, 0.717) is 0 Å². The molecular formula is C57H35N5S. The maximum absolute atomic E-state index is 5.31. The van der Waals surface area contributed by atoms with Crippen LogP contribution in [0.25, 0.3) is 120 Å². The molecule has 0 bridgehead atoms. The van der Waals surface area contributed by atoms with Crippen LogP contribution in [0.2, 0.25) is 0 Å². The lowest BCUT2D eigenvalue weighted by molar-refractivity contribution is 1.08. The number of fused-ring (bicyclic) bond motifs is 9. The second kappa shape index (κ2) is 14.2. The molecule has 0 radical (unpaired) electrons. The number of thiophene rings is 1. The Morgan fingerprint density at radius 2 is 0.905 bits per heavy atom. The average Bonchev–Trinajstić information content (AvgIpc) is 4.01. The molecule has 0 saturated heterocycles. The number of hydrogen-bond acceptors (Lipinski definition) is 4. The van der Waals surface area contributed by atoms with Gasteiger partial charge in [-0.1, -0.05) is 121 Å². The van der Waals surface area contributed by atoms with Crippen LogP contribution in [0.4, 0.5) is 0 Å². The fourth-order valence-electron chi connectivity index (χ4n) is 9.45. The number of benzene rings is 7. The topological polar surface area (TPSA) is 48.5 Å². The predicted molar refractivity (Wildman–Crippen MR) is 263 cm³/mol. The summed E-state index contributed by atoms with van der Waals surface area (Å²) < 4.78 is 7.12. The maximum atomic E-state index is 5.31. The van der Waals surface area contributed by atoms with Gasteiger partial charge in [0.2, 0.25) is 0 Å². The maximum Gasteiger partial charge on any atom is 0.138 e. The molecule has 0 unspecified atom stereocenters. The van der Waals surface area contributed by atoms with Gasteiger partial charge in [-0.25, -0.2) is 9.97 Å². The van der Waals surface area contributed by atoms with E-state index in [0.717, 1.165) is 78.4 Å². The third kappa shape index (κ3) is 5.80. The fraction of sp³-hybridized carbons (Fsp3) is 0. The van der Waals surface area contributed by atoms with E-state index in [-0.39, 0.29) is 0 Å². The highest BCUT2D eigenvalue weighted by atomic mass is 32.1. The van der Waals surface area contributed by atoms with Crippen molar-refractivity contribution in [3.8, 4) is 56.4 Å². The van der Waals surface area contributed by atoms with Gasteiger partial charge in [0, 0.05) is 54.5 Å². The minimum Gasteiger partial charge on any atom is -0.309 e. The van der Waals surface area contributed by atoms with E-state index in [9.17, 15) is 0 Å². The lowest BCUT2D eigenvalue weighted by Crippen LogP contribution is -1.98. The Kier molecular flexibility index (Phi) is 8.01. The first kappa shape index (κ1) is 35.6. The zero-order chi connectivity index (χ0) is 41.4. The van der Waals surface area contributed by atoms with E-state index < -0.39 is 0 Å². The van der Waals surface area contributed by atoms with Crippen molar-refractivity contribution in [2.24, 2.45) is 0 Å². The molecular weight excluding hydrogens is 787 g/mol. The van der Waals surface area contributed by atoms with Gasteiger partial charge < -0.3 is 4.57 Å². The van der Waals surface area contributed by atoms with Crippen molar-refractivity contribution in [2.75, 3.05) is 0 Å². The quantitative estimate of drug-likeness (QED) is 0.168. The number of pyridine rings is 3. The molecule has 13 aromatic rings. The lowest BCUT2D eigenvalue weighted by Gasteiger charge is -2.13. The van der Waals surface area contributed by atoms with Crippen LogP contribution in [0.3, 0.4) is 0 Å². The number of nitrogens with zero attached hydrogens (tertiary/aromatic N) is 5. The average molecular weight is 822 g/mol. The molecule has 7 aromatic carbocycles. The van der Waals surface area contributed by atoms with Gasteiger partial charge >= 0.3 is 0 Å². The molecule has 0 aliphatic heterocycles. The summed E-state index contributed by atoms with van der Waals surface area (Å²) in [5.41, 5.74) is 15.1. The van der Waals surface area contributed by atoms with Gasteiger partial charge in [-0.05, 0) is 96.1 Å². The van der Waals surface area contributed by atoms with Gasteiger partial charge in [-0.2, -0.15) is 0 Å². The minimum atomic E-state index is 0.885. The molecule has 0 saturated carbocycles. The van der Waals surface area contributed by atoms with E-state index in [1.54, 1.807) is 11.3 Å². The van der Waals surface area contributed by atoms with Gasteiger partial charge in [0.1, 0.15) is 5.82 Å². The SMILES string of the molecule is c1ccc(-c2cc(-n3c4ccccc4c4cc(-c5ccc6c(c5)c5ccccc5n6-c5cccc(-c6ccc7sc8cccnc8c7c6)n5)ccc43)cc(-c3ccccc3)n2)cc1. The summed E-state index contributed by atoms with van der Waals surface area (Å²) in [6, 6.07) is 73.6. The van der Waals surface area contributed by atoms with E-state index in [4.69, 9.17) is 15.0 Å². The summed E-state index contributed by atoms with van der Waals surface area (Å²) in [4.78, 5) is 15.2. The summed E-state index contributed by atoms with van der Waals surface area (Å²) >= 11 is 1.78. The summed E-state index contributed by atoms with van der Waals surface area (Å²) in [7, 11) is 0. The number of aromatic nitrogens is 5. The Labute approximate surface area is 366 Å². The zero-order valence-corrected chi connectivity index (χ0v) is 34.7. The van der Waals surface area contributed by atoms with Gasteiger partial charge in [-0.3, -0.25) is 9.55 Å². The first-order valence-corrected chi connectivity index (χ1v) is 22.0. The molecule has 0 aliphatic carbocycles. The number of rotatable bonds is 6. The van der Waals surface area contributed by atoms with Crippen molar-refractivity contribution in [1.82, 2.24) is 24.1 Å². The van der Waals surface area contributed by atoms with Crippen LogP contribution in [-0.2, 0) is 0 Å². The Bertz CT molecular complexity index is 3860. The minimum absolute atomic E-state index is 0.885. The normalized spacial score (nSPS) is 11.8. The monoisotopic (exact) mass is 821 g/mol. The van der Waals surface area contributed by atoms with Gasteiger partial charge in [0.05, 0.1) is 55.1 Å². The van der Waals surface area contributed by atoms with Crippen LogP contribution >= 0.6 is 11.3 Å². The smallest absolute Gasteiger partial charge is 0.138 e. The highest BCUT2D eigenvalue weighted by Gasteiger charge is 2.19. The van der Waals surface area contributed by atoms with Gasteiger partial charge in [0.15, 0.2) is 0 Å². The van der Waals surface area contributed by atoms with Crippen molar-refractivity contribution < 1.29 is 0 Å². The molecule has 0 N–H and O–H groups in total. The highest BCUT2D eigenvalue weighted by molar-refractivity contribution is 7.25. The largest absolute Gasteiger partial charge is 0.309 e. The second-order valence-corrected chi connectivity index (χ2v) is 17.1. The lowest BCUT2D eigenvalue weighted by atomic mass is 10.0. The third-order valence-electron chi connectivity index (χ3n) is 12.4.